The Kier molecular flexibility index (Phi) is 6.14. The fraction of sp³-hybridized carbons (Fsp3) is 0.818. The summed E-state index contributed by atoms with van der Waals surface area (Å²) in [6, 6.07) is -1.64. The summed E-state index contributed by atoms with van der Waals surface area (Å²) in [5.41, 5.74) is 7.54. The molecule has 0 heterocycles. The van der Waals surface area contributed by atoms with Gasteiger partial charge in [0, 0.05) is 11.0 Å². The molecule has 0 aromatic heterocycles. The zero-order valence-corrected chi connectivity index (χ0v) is 11.8. The van der Waals surface area contributed by atoms with Gasteiger partial charge in [0.25, 0.3) is 0 Å². The maximum atomic E-state index is 12.0. The highest BCUT2D eigenvalue weighted by Crippen LogP contribution is 2.15. The molecule has 8 heteroatoms. The van der Waals surface area contributed by atoms with E-state index in [2.05, 4.69) is 10.0 Å². The lowest BCUT2D eigenvalue weighted by atomic mass is 10.2. The highest BCUT2D eigenvalue weighted by molar-refractivity contribution is 5.80. The van der Waals surface area contributed by atoms with Crippen molar-refractivity contribution in [3.63, 3.8) is 0 Å². The molecule has 0 rings (SSSR count). The molecule has 1 unspecified atom stereocenters. The monoisotopic (exact) mass is 272 g/mol. The molecule has 108 valence electrons. The number of rotatable bonds is 5. The van der Waals surface area contributed by atoms with E-state index in [0.717, 1.165) is 4.90 Å². The largest absolute Gasteiger partial charge is 0.480 e. The Morgan fingerprint density at radius 2 is 1.95 bits per heavy atom. The Bertz CT molecular complexity index is 383. The van der Waals surface area contributed by atoms with E-state index in [1.807, 2.05) is 0 Å². The lowest BCUT2D eigenvalue weighted by Crippen LogP contribution is -2.52. The Morgan fingerprint density at radius 3 is 2.26 bits per heavy atom. The zero-order valence-electron chi connectivity index (χ0n) is 11.8. The third-order valence-electron chi connectivity index (χ3n) is 2.10. The average Bonchev–Trinajstić information content (AvgIpc) is 2.19. The first kappa shape index (κ1) is 17.1. The molecule has 0 aliphatic rings. The summed E-state index contributed by atoms with van der Waals surface area (Å²) in [5, 5.41) is 12.4. The molecule has 1 N–H and O–H groups in total. The van der Waals surface area contributed by atoms with Crippen molar-refractivity contribution < 1.29 is 19.4 Å². The van der Waals surface area contributed by atoms with Gasteiger partial charge in [-0.3, -0.25) is 4.90 Å². The minimum absolute atomic E-state index is 0.344. The molecule has 0 aliphatic heterocycles. The zero-order chi connectivity index (χ0) is 15.2. The summed E-state index contributed by atoms with van der Waals surface area (Å²) in [7, 11) is 0. The number of hydrogen-bond donors (Lipinski definition) is 1. The average molecular weight is 272 g/mol. The van der Waals surface area contributed by atoms with Crippen LogP contribution in [0.3, 0.4) is 0 Å². The lowest BCUT2D eigenvalue weighted by Gasteiger charge is -2.33. The predicted octanol–water partition coefficient (Wildman–Crippen LogP) is 2.40. The number of carboxylic acid groups (broad SMARTS) is 1. The van der Waals surface area contributed by atoms with Crippen molar-refractivity contribution in [3.8, 4) is 0 Å². The van der Waals surface area contributed by atoms with Crippen LogP contribution in [0.2, 0.25) is 0 Å². The van der Waals surface area contributed by atoms with Gasteiger partial charge in [-0.15, -0.1) is 0 Å². The number of carboxylic acids is 1. The number of aliphatic carboxylic acids is 1. The van der Waals surface area contributed by atoms with Crippen LogP contribution in [0.15, 0.2) is 5.11 Å². The number of carbonyl (C=O) groups excluding carboxylic acids is 1. The van der Waals surface area contributed by atoms with E-state index in [0.29, 0.717) is 0 Å². The lowest BCUT2D eigenvalue weighted by molar-refractivity contribution is -0.143. The SMILES string of the molecule is CC(C)N(C(=O)OC(C)(C)C)C(CN=[N+]=[N-])C(=O)O. The minimum atomic E-state index is -1.24. The fourth-order valence-corrected chi connectivity index (χ4v) is 1.41. The second kappa shape index (κ2) is 6.84. The highest BCUT2D eigenvalue weighted by atomic mass is 16.6. The predicted molar refractivity (Wildman–Crippen MR) is 68.6 cm³/mol. The van der Waals surface area contributed by atoms with Crippen LogP contribution in [0, 0.1) is 0 Å². The third kappa shape index (κ3) is 5.96. The molecule has 8 nitrogen and oxygen atoms in total. The van der Waals surface area contributed by atoms with Crippen LogP contribution in [-0.4, -0.2) is 46.3 Å². The number of nitrogens with zero attached hydrogens (tertiary/aromatic N) is 4. The van der Waals surface area contributed by atoms with Crippen molar-refractivity contribution >= 4 is 12.1 Å². The van der Waals surface area contributed by atoms with Crippen molar-refractivity contribution in [1.29, 1.82) is 0 Å². The van der Waals surface area contributed by atoms with E-state index in [1.165, 1.54) is 0 Å². The van der Waals surface area contributed by atoms with Gasteiger partial charge in [0.1, 0.15) is 11.6 Å². The molecule has 1 atom stereocenters. The van der Waals surface area contributed by atoms with Crippen molar-refractivity contribution in [1.82, 2.24) is 4.90 Å². The molecule has 0 aromatic rings. The van der Waals surface area contributed by atoms with Crippen LogP contribution >= 0.6 is 0 Å². The Morgan fingerprint density at radius 1 is 1.42 bits per heavy atom. The number of amides is 1. The van der Waals surface area contributed by atoms with Gasteiger partial charge in [-0.05, 0) is 40.1 Å². The first-order valence-corrected chi connectivity index (χ1v) is 5.85. The number of ether oxygens (including phenoxy) is 1. The molecule has 0 fully saturated rings. The van der Waals surface area contributed by atoms with Gasteiger partial charge in [-0.25, -0.2) is 9.59 Å². The number of hydrogen-bond acceptors (Lipinski definition) is 4. The van der Waals surface area contributed by atoms with E-state index in [-0.39, 0.29) is 6.54 Å². The summed E-state index contributed by atoms with van der Waals surface area (Å²) in [4.78, 5) is 26.8. The van der Waals surface area contributed by atoms with Gasteiger partial charge in [-0.1, -0.05) is 5.11 Å². The van der Waals surface area contributed by atoms with Gasteiger partial charge < -0.3 is 9.84 Å². The Hall–Kier alpha value is -1.95. The number of carbonyl (C=O) groups is 2. The summed E-state index contributed by atoms with van der Waals surface area (Å²) in [6.45, 7) is 8.04. The van der Waals surface area contributed by atoms with Gasteiger partial charge >= 0.3 is 12.1 Å². The quantitative estimate of drug-likeness (QED) is 0.469. The third-order valence-corrected chi connectivity index (χ3v) is 2.10. The van der Waals surface area contributed by atoms with Gasteiger partial charge in [0.15, 0.2) is 0 Å². The van der Waals surface area contributed by atoms with Crippen LogP contribution < -0.4 is 0 Å². The van der Waals surface area contributed by atoms with Crippen molar-refractivity contribution in [2.24, 2.45) is 5.11 Å². The maximum absolute atomic E-state index is 12.0. The Balaban J connectivity index is 5.20. The van der Waals surface area contributed by atoms with Crippen LogP contribution in [0.4, 0.5) is 4.79 Å². The molecule has 0 saturated carbocycles. The molecule has 0 radical (unpaired) electrons. The van der Waals surface area contributed by atoms with Crippen molar-refractivity contribution in [2.75, 3.05) is 6.54 Å². The van der Waals surface area contributed by atoms with Gasteiger partial charge in [0.2, 0.25) is 0 Å². The molecule has 0 aliphatic carbocycles. The molecule has 0 spiro atoms. The van der Waals surface area contributed by atoms with E-state index >= 15 is 0 Å². The van der Waals surface area contributed by atoms with E-state index in [4.69, 9.17) is 15.4 Å². The van der Waals surface area contributed by atoms with Crippen LogP contribution in [0.5, 0.6) is 0 Å². The second-order valence-corrected chi connectivity index (χ2v) is 5.25. The van der Waals surface area contributed by atoms with Crippen molar-refractivity contribution in [2.45, 2.75) is 52.3 Å². The molecular formula is C11H20N4O4. The van der Waals surface area contributed by atoms with E-state index in [1.54, 1.807) is 34.6 Å². The highest BCUT2D eigenvalue weighted by Gasteiger charge is 2.34. The molecule has 0 bridgehead atoms. The molecule has 0 aromatic carbocycles. The summed E-state index contributed by atoms with van der Waals surface area (Å²) in [5.74, 6) is -1.24. The second-order valence-electron chi connectivity index (χ2n) is 5.25. The minimum Gasteiger partial charge on any atom is -0.480 e. The molecular weight excluding hydrogens is 252 g/mol. The topological polar surface area (TPSA) is 116 Å². The van der Waals surface area contributed by atoms with Crippen molar-refractivity contribution in [3.05, 3.63) is 10.4 Å². The van der Waals surface area contributed by atoms with E-state index in [9.17, 15) is 9.59 Å². The number of azide groups is 1. The van der Waals surface area contributed by atoms with Gasteiger partial charge in [0.05, 0.1) is 6.54 Å². The molecule has 19 heavy (non-hydrogen) atoms. The van der Waals surface area contributed by atoms with Crippen LogP contribution in [0.25, 0.3) is 10.4 Å². The molecule has 0 saturated heterocycles. The Labute approximate surface area is 112 Å². The summed E-state index contributed by atoms with van der Waals surface area (Å²) in [6.07, 6.45) is -0.747. The maximum Gasteiger partial charge on any atom is 0.411 e. The normalized spacial score (nSPS) is 12.5. The first-order chi connectivity index (χ1) is 8.60. The van der Waals surface area contributed by atoms with Gasteiger partial charge in [-0.2, -0.15) is 0 Å². The smallest absolute Gasteiger partial charge is 0.411 e. The van der Waals surface area contributed by atoms with Crippen LogP contribution in [-0.2, 0) is 9.53 Å². The fourth-order valence-electron chi connectivity index (χ4n) is 1.41. The summed E-state index contributed by atoms with van der Waals surface area (Å²) < 4.78 is 5.16. The van der Waals surface area contributed by atoms with E-state index < -0.39 is 29.7 Å². The molecule has 1 amide bonds. The van der Waals surface area contributed by atoms with Crippen LogP contribution in [0.1, 0.15) is 34.6 Å². The standard InChI is InChI=1S/C11H20N4O4/c1-7(2)15(10(18)19-11(3,4)5)8(9(16)17)6-13-14-12/h7-8H,6H2,1-5H3,(H,16,17). The summed E-state index contributed by atoms with van der Waals surface area (Å²) >= 11 is 0. The first-order valence-electron chi connectivity index (χ1n) is 5.85.